The molecule has 8 heteroatoms. The van der Waals surface area contributed by atoms with Gasteiger partial charge < -0.3 is 14.5 Å². The molecule has 1 saturated heterocycles. The molecule has 36 heavy (non-hydrogen) atoms. The molecule has 1 aromatic heterocycles. The van der Waals surface area contributed by atoms with Gasteiger partial charge in [-0.3, -0.25) is 4.79 Å². The van der Waals surface area contributed by atoms with Crippen LogP contribution in [0.3, 0.4) is 0 Å². The number of fused-ring (bicyclic) bond motifs is 2. The Bertz CT molecular complexity index is 1480. The molecule has 0 saturated carbocycles. The fourth-order valence-corrected chi connectivity index (χ4v) is 6.70. The second-order valence-electron chi connectivity index (χ2n) is 9.55. The fraction of sp³-hybridized carbons (Fsp3) is 0.321. The van der Waals surface area contributed by atoms with Gasteiger partial charge >= 0.3 is 0 Å². The van der Waals surface area contributed by atoms with Gasteiger partial charge in [-0.1, -0.05) is 29.8 Å². The monoisotopic (exact) mass is 504 g/mol. The molecule has 186 valence electrons. The number of anilines is 1. The predicted molar refractivity (Wildman–Crippen MR) is 138 cm³/mol. The number of morpholine rings is 1. The third-order valence-electron chi connectivity index (χ3n) is 7.20. The molecule has 0 bridgehead atoms. The minimum absolute atomic E-state index is 0.169. The van der Waals surface area contributed by atoms with Crippen LogP contribution in [0.4, 0.5) is 5.69 Å². The maximum Gasteiger partial charge on any atom is 0.256 e. The van der Waals surface area contributed by atoms with Gasteiger partial charge in [-0.05, 0) is 56.0 Å². The first kappa shape index (κ1) is 23.2. The molecule has 2 aliphatic heterocycles. The van der Waals surface area contributed by atoms with Gasteiger partial charge in [0.15, 0.2) is 0 Å². The Morgan fingerprint density at radius 2 is 1.75 bits per heavy atom. The minimum Gasteiger partial charge on any atom is -0.461 e. The maximum absolute atomic E-state index is 13.3. The number of rotatable bonds is 4. The van der Waals surface area contributed by atoms with Crippen molar-refractivity contribution in [1.29, 1.82) is 0 Å². The van der Waals surface area contributed by atoms with Gasteiger partial charge in [0.2, 0.25) is 10.0 Å². The molecule has 2 aromatic carbocycles. The van der Waals surface area contributed by atoms with Crippen LogP contribution in [0.1, 0.15) is 41.1 Å². The van der Waals surface area contributed by atoms with E-state index in [2.05, 4.69) is 36.5 Å². The summed E-state index contributed by atoms with van der Waals surface area (Å²) in [5, 5.41) is 2.88. The number of carbonyl (C=O) groups is 1. The quantitative estimate of drug-likeness (QED) is 0.523. The Morgan fingerprint density at radius 3 is 2.53 bits per heavy atom. The second kappa shape index (κ2) is 9.03. The molecule has 1 amide bonds. The lowest BCUT2D eigenvalue weighted by Crippen LogP contribution is -2.40. The summed E-state index contributed by atoms with van der Waals surface area (Å²) in [7, 11) is -3.69. The predicted octanol–water partition coefficient (Wildman–Crippen LogP) is 4.65. The summed E-state index contributed by atoms with van der Waals surface area (Å²) in [6.07, 6.45) is 5.78. The summed E-state index contributed by atoms with van der Waals surface area (Å²) in [5.74, 6) is 1.35. The van der Waals surface area contributed by atoms with Crippen molar-refractivity contribution in [3.05, 3.63) is 70.7 Å². The SMILES string of the molecule is Cc1ccc(-c2c(C=C3C(=O)Nc4ccc(S(=O)(=O)N5CCOCC5)cc43)oc3c2CCCC3)cc1. The maximum atomic E-state index is 13.3. The number of amides is 1. The Labute approximate surface area is 210 Å². The first-order chi connectivity index (χ1) is 17.4. The van der Waals surface area contributed by atoms with Crippen molar-refractivity contribution in [3.63, 3.8) is 0 Å². The summed E-state index contributed by atoms with van der Waals surface area (Å²) in [6, 6.07) is 13.1. The Morgan fingerprint density at radius 1 is 1.00 bits per heavy atom. The Kier molecular flexibility index (Phi) is 5.82. The topological polar surface area (TPSA) is 88.9 Å². The molecule has 3 aromatic rings. The van der Waals surface area contributed by atoms with E-state index in [-0.39, 0.29) is 10.8 Å². The fourth-order valence-electron chi connectivity index (χ4n) is 5.26. The number of carbonyl (C=O) groups excluding carboxylic acids is 1. The van der Waals surface area contributed by atoms with Crippen LogP contribution in [0.5, 0.6) is 0 Å². The molecule has 0 atom stereocenters. The van der Waals surface area contributed by atoms with Crippen LogP contribution in [0.2, 0.25) is 0 Å². The second-order valence-corrected chi connectivity index (χ2v) is 11.5. The summed E-state index contributed by atoms with van der Waals surface area (Å²) in [5.41, 5.74) is 6.04. The average molecular weight is 505 g/mol. The van der Waals surface area contributed by atoms with Crippen LogP contribution in [-0.4, -0.2) is 44.9 Å². The molecule has 7 nitrogen and oxygen atoms in total. The number of aryl methyl sites for hydroxylation is 2. The standard InChI is InChI=1S/C28H28N2O5S/c1-18-6-8-19(9-7-18)27-21-4-2-3-5-25(21)35-26(27)17-23-22-16-20(10-11-24(22)29-28(23)31)36(32,33)30-12-14-34-15-13-30/h6-11,16-17H,2-5,12-15H2,1H3,(H,29,31). The highest BCUT2D eigenvalue weighted by molar-refractivity contribution is 7.89. The van der Waals surface area contributed by atoms with E-state index < -0.39 is 10.0 Å². The van der Waals surface area contributed by atoms with Crippen LogP contribution in [0, 0.1) is 6.92 Å². The van der Waals surface area contributed by atoms with Crippen molar-refractivity contribution in [3.8, 4) is 11.1 Å². The highest BCUT2D eigenvalue weighted by Crippen LogP contribution is 2.41. The van der Waals surface area contributed by atoms with Crippen LogP contribution < -0.4 is 5.32 Å². The van der Waals surface area contributed by atoms with Crippen LogP contribution >= 0.6 is 0 Å². The van der Waals surface area contributed by atoms with E-state index in [0.29, 0.717) is 48.9 Å². The molecule has 3 heterocycles. The van der Waals surface area contributed by atoms with Gasteiger partial charge in [0, 0.05) is 41.9 Å². The van der Waals surface area contributed by atoms with Gasteiger partial charge in [-0.25, -0.2) is 8.42 Å². The third kappa shape index (κ3) is 3.99. The van der Waals surface area contributed by atoms with Crippen LogP contribution in [0.15, 0.2) is 51.8 Å². The number of nitrogens with zero attached hydrogens (tertiary/aromatic N) is 1. The summed E-state index contributed by atoms with van der Waals surface area (Å²) < 4.78 is 39.6. The zero-order valence-corrected chi connectivity index (χ0v) is 21.0. The normalized spacial score (nSPS) is 19.2. The van der Waals surface area contributed by atoms with Crippen LogP contribution in [-0.2, 0) is 32.4 Å². The van der Waals surface area contributed by atoms with E-state index >= 15 is 0 Å². The molecule has 1 N–H and O–H groups in total. The van der Waals surface area contributed by atoms with Crippen molar-refractivity contribution < 1.29 is 22.4 Å². The van der Waals surface area contributed by atoms with Gasteiger partial charge in [0.05, 0.1) is 23.7 Å². The molecule has 3 aliphatic rings. The van der Waals surface area contributed by atoms with E-state index in [1.807, 2.05) is 0 Å². The van der Waals surface area contributed by atoms with E-state index in [0.717, 1.165) is 42.6 Å². The van der Waals surface area contributed by atoms with Crippen molar-refractivity contribution in [2.24, 2.45) is 0 Å². The lowest BCUT2D eigenvalue weighted by molar-refractivity contribution is -0.110. The molecule has 0 radical (unpaired) electrons. The van der Waals surface area contributed by atoms with E-state index in [4.69, 9.17) is 9.15 Å². The highest BCUT2D eigenvalue weighted by atomic mass is 32.2. The van der Waals surface area contributed by atoms with Crippen LogP contribution in [0.25, 0.3) is 22.8 Å². The molecular weight excluding hydrogens is 476 g/mol. The number of ether oxygens (including phenoxy) is 1. The van der Waals surface area contributed by atoms with E-state index in [1.54, 1.807) is 24.3 Å². The lowest BCUT2D eigenvalue weighted by atomic mass is 9.90. The number of sulfonamides is 1. The first-order valence-electron chi connectivity index (χ1n) is 12.4. The summed E-state index contributed by atoms with van der Waals surface area (Å²) >= 11 is 0. The third-order valence-corrected chi connectivity index (χ3v) is 9.09. The number of benzene rings is 2. The summed E-state index contributed by atoms with van der Waals surface area (Å²) in [4.78, 5) is 13.2. The zero-order chi connectivity index (χ0) is 24.9. The molecule has 0 unspecified atom stereocenters. The first-order valence-corrected chi connectivity index (χ1v) is 13.8. The number of nitrogens with one attached hydrogen (secondary N) is 1. The van der Waals surface area contributed by atoms with Crippen molar-refractivity contribution in [1.82, 2.24) is 4.31 Å². The molecule has 0 spiro atoms. The Hall–Kier alpha value is -3.20. The molecule has 6 rings (SSSR count). The van der Waals surface area contributed by atoms with E-state index in [1.165, 1.54) is 15.4 Å². The Balaban J connectivity index is 1.46. The van der Waals surface area contributed by atoms with Crippen molar-refractivity contribution >= 4 is 33.3 Å². The van der Waals surface area contributed by atoms with Gasteiger partial charge in [-0.2, -0.15) is 4.31 Å². The molecular formula is C28H28N2O5S. The van der Waals surface area contributed by atoms with E-state index in [9.17, 15) is 13.2 Å². The smallest absolute Gasteiger partial charge is 0.256 e. The zero-order valence-electron chi connectivity index (χ0n) is 20.2. The largest absolute Gasteiger partial charge is 0.461 e. The average Bonchev–Trinajstić information content (AvgIpc) is 3.41. The van der Waals surface area contributed by atoms with Crippen molar-refractivity contribution in [2.75, 3.05) is 31.6 Å². The molecule has 1 fully saturated rings. The minimum atomic E-state index is -3.69. The molecule has 1 aliphatic carbocycles. The number of hydrogen-bond acceptors (Lipinski definition) is 5. The lowest BCUT2D eigenvalue weighted by Gasteiger charge is -2.26. The van der Waals surface area contributed by atoms with Gasteiger partial charge in [0.25, 0.3) is 5.91 Å². The number of furan rings is 1. The number of hydrogen-bond donors (Lipinski definition) is 1. The van der Waals surface area contributed by atoms with Crippen molar-refractivity contribution in [2.45, 2.75) is 37.5 Å². The highest BCUT2D eigenvalue weighted by Gasteiger charge is 2.31. The van der Waals surface area contributed by atoms with Gasteiger partial charge in [-0.15, -0.1) is 0 Å². The summed E-state index contributed by atoms with van der Waals surface area (Å²) in [6.45, 7) is 3.44. The van der Waals surface area contributed by atoms with Gasteiger partial charge in [0.1, 0.15) is 11.5 Å².